The van der Waals surface area contributed by atoms with E-state index in [-0.39, 0.29) is 37.5 Å². The minimum atomic E-state index is -0.797. The number of hydrogen-bond donors (Lipinski definition) is 0. The van der Waals surface area contributed by atoms with E-state index >= 15 is 0 Å². The smallest absolute Gasteiger partial charge is 0.306 e. The number of esters is 3. The highest BCUT2D eigenvalue weighted by Gasteiger charge is 2.19. The average molecular weight is 1090 g/mol. The summed E-state index contributed by atoms with van der Waals surface area (Å²) in [5, 5.41) is 0. The summed E-state index contributed by atoms with van der Waals surface area (Å²) >= 11 is 0. The quantitative estimate of drug-likeness (QED) is 0.0261. The molecule has 0 heterocycles. The van der Waals surface area contributed by atoms with Gasteiger partial charge in [0.25, 0.3) is 0 Å². The predicted octanol–water partition coefficient (Wildman–Crippen LogP) is 23.3. The minimum Gasteiger partial charge on any atom is -0.462 e. The number of hydrogen-bond acceptors (Lipinski definition) is 6. The first-order chi connectivity index (χ1) is 38.5. The summed E-state index contributed by atoms with van der Waals surface area (Å²) in [6.07, 6.45) is 86.4. The summed E-state index contributed by atoms with van der Waals surface area (Å²) in [5.74, 6) is -0.913. The third-order valence-electron chi connectivity index (χ3n) is 15.0. The van der Waals surface area contributed by atoms with Crippen molar-refractivity contribution >= 4 is 17.9 Å². The number of carbonyl (C=O) groups is 3. The molecule has 0 aliphatic heterocycles. The molecule has 6 nitrogen and oxygen atoms in total. The molecule has 0 spiro atoms. The molecule has 0 saturated heterocycles. The van der Waals surface area contributed by atoms with Gasteiger partial charge in [-0.05, 0) is 70.6 Å². The van der Waals surface area contributed by atoms with Gasteiger partial charge in [-0.3, -0.25) is 14.4 Å². The maximum Gasteiger partial charge on any atom is 0.306 e. The molecule has 78 heavy (non-hydrogen) atoms. The number of carbonyl (C=O) groups excluding carboxylic acids is 3. The Labute approximate surface area is 484 Å². The third-order valence-corrected chi connectivity index (χ3v) is 15.0. The van der Waals surface area contributed by atoms with Crippen molar-refractivity contribution in [3.05, 3.63) is 72.9 Å². The van der Waals surface area contributed by atoms with Gasteiger partial charge in [0, 0.05) is 19.3 Å². The first kappa shape index (κ1) is 74.8. The number of rotatable bonds is 62. The fourth-order valence-electron chi connectivity index (χ4n) is 9.92. The lowest BCUT2D eigenvalue weighted by Crippen LogP contribution is -2.30. The second-order valence-electron chi connectivity index (χ2n) is 22.7. The van der Waals surface area contributed by atoms with E-state index in [0.717, 1.165) is 89.9 Å². The van der Waals surface area contributed by atoms with Crippen molar-refractivity contribution in [1.29, 1.82) is 0 Å². The van der Waals surface area contributed by atoms with Gasteiger partial charge in [0.05, 0.1) is 0 Å². The number of allylic oxidation sites excluding steroid dienone is 12. The number of ether oxygens (including phenoxy) is 3. The number of unbranched alkanes of at least 4 members (excludes halogenated alkanes) is 39. The third kappa shape index (κ3) is 63.7. The summed E-state index contributed by atoms with van der Waals surface area (Å²) in [6.45, 7) is 6.54. The molecular weight excluding hydrogens is 961 g/mol. The highest BCUT2D eigenvalue weighted by atomic mass is 16.6. The van der Waals surface area contributed by atoms with Crippen LogP contribution in [0, 0.1) is 0 Å². The zero-order valence-electron chi connectivity index (χ0n) is 51.9. The van der Waals surface area contributed by atoms with E-state index in [1.54, 1.807) is 0 Å². The Balaban J connectivity index is 4.31. The maximum atomic E-state index is 12.9. The molecule has 1 unspecified atom stereocenters. The van der Waals surface area contributed by atoms with Crippen molar-refractivity contribution in [2.45, 2.75) is 354 Å². The summed E-state index contributed by atoms with van der Waals surface area (Å²) in [5.41, 5.74) is 0. The van der Waals surface area contributed by atoms with Crippen LogP contribution in [0.15, 0.2) is 72.9 Å². The van der Waals surface area contributed by atoms with Gasteiger partial charge < -0.3 is 14.2 Å². The molecule has 0 aliphatic rings. The van der Waals surface area contributed by atoms with Crippen LogP contribution in [-0.2, 0) is 28.6 Å². The Morgan fingerprint density at radius 1 is 0.269 bits per heavy atom. The normalized spacial score (nSPS) is 12.5. The lowest BCUT2D eigenvalue weighted by Gasteiger charge is -2.18. The van der Waals surface area contributed by atoms with E-state index in [2.05, 4.69) is 93.7 Å². The van der Waals surface area contributed by atoms with Crippen LogP contribution in [0.1, 0.15) is 348 Å². The fraction of sp³-hybridized carbons (Fsp3) is 0.792. The maximum absolute atomic E-state index is 12.9. The van der Waals surface area contributed by atoms with Crippen LogP contribution in [-0.4, -0.2) is 37.2 Å². The van der Waals surface area contributed by atoms with Crippen LogP contribution in [0.3, 0.4) is 0 Å². The van der Waals surface area contributed by atoms with Gasteiger partial charge in [-0.1, -0.05) is 331 Å². The first-order valence-corrected chi connectivity index (χ1v) is 33.9. The topological polar surface area (TPSA) is 78.9 Å². The Morgan fingerprint density at radius 3 is 0.782 bits per heavy atom. The van der Waals surface area contributed by atoms with E-state index in [4.69, 9.17) is 14.2 Å². The SMILES string of the molecule is CC/C=C\C/C=C\C/C=C\C/C=C\C/C=C\C/C=C\CCCCC(=O)OC(COC(=O)CCCCCCCCCCCCCCC)COC(=O)CCCCCCCCCCCCCCCCCCCCCCCCCCCC. The van der Waals surface area contributed by atoms with E-state index < -0.39 is 6.10 Å². The highest BCUT2D eigenvalue weighted by Crippen LogP contribution is 2.18. The van der Waals surface area contributed by atoms with E-state index in [1.165, 1.54) is 212 Å². The standard InChI is InChI=1S/C72H128O6/c1-4-7-10-13-16-19-22-25-27-29-31-33-34-35-36-37-39-40-42-44-47-50-53-56-59-62-65-71(74)77-68-69(67-76-70(73)64-61-58-55-52-49-46-24-21-18-15-12-9-6-3)78-72(75)66-63-60-57-54-51-48-45-43-41-38-32-30-28-26-23-20-17-14-11-8-5-2/h8,11,17,20,26,28,32,38,43,45,51,54,69H,4-7,9-10,12-16,18-19,21-25,27,29-31,33-37,39-42,44,46-50,52-53,55-68H2,1-3H3/b11-8-,20-17-,28-26-,38-32-,45-43-,54-51-. The molecule has 0 aromatic rings. The molecule has 0 bridgehead atoms. The van der Waals surface area contributed by atoms with Crippen molar-refractivity contribution in [1.82, 2.24) is 0 Å². The molecule has 6 heteroatoms. The Morgan fingerprint density at radius 2 is 0.500 bits per heavy atom. The van der Waals surface area contributed by atoms with Gasteiger partial charge >= 0.3 is 17.9 Å². The average Bonchev–Trinajstić information content (AvgIpc) is 3.44. The molecular formula is C72H128O6. The van der Waals surface area contributed by atoms with E-state index in [9.17, 15) is 14.4 Å². The zero-order chi connectivity index (χ0) is 56.4. The molecule has 0 fully saturated rings. The Hall–Kier alpha value is -3.15. The summed E-state index contributed by atoms with van der Waals surface area (Å²) in [4.78, 5) is 38.3. The Bertz CT molecular complexity index is 1440. The fourth-order valence-corrected chi connectivity index (χ4v) is 9.92. The highest BCUT2D eigenvalue weighted by molar-refractivity contribution is 5.71. The van der Waals surface area contributed by atoms with E-state index in [1.807, 2.05) is 0 Å². The molecule has 0 rings (SSSR count). The van der Waals surface area contributed by atoms with Gasteiger partial charge in [-0.15, -0.1) is 0 Å². The van der Waals surface area contributed by atoms with Crippen molar-refractivity contribution in [3.8, 4) is 0 Å². The van der Waals surface area contributed by atoms with Crippen molar-refractivity contribution < 1.29 is 28.6 Å². The molecule has 0 aliphatic carbocycles. The van der Waals surface area contributed by atoms with Crippen LogP contribution in [0.4, 0.5) is 0 Å². The first-order valence-electron chi connectivity index (χ1n) is 33.9. The van der Waals surface area contributed by atoms with Gasteiger partial charge in [0.15, 0.2) is 6.10 Å². The molecule has 0 aromatic heterocycles. The zero-order valence-corrected chi connectivity index (χ0v) is 51.9. The second kappa shape index (κ2) is 66.4. The van der Waals surface area contributed by atoms with Gasteiger partial charge in [0.2, 0.25) is 0 Å². The molecule has 0 N–H and O–H groups in total. The Kier molecular flexibility index (Phi) is 63.7. The van der Waals surface area contributed by atoms with Gasteiger partial charge in [0.1, 0.15) is 13.2 Å². The van der Waals surface area contributed by atoms with E-state index in [0.29, 0.717) is 19.3 Å². The molecule has 452 valence electrons. The van der Waals surface area contributed by atoms with Crippen LogP contribution in [0.25, 0.3) is 0 Å². The van der Waals surface area contributed by atoms with Crippen LogP contribution < -0.4 is 0 Å². The molecule has 0 radical (unpaired) electrons. The van der Waals surface area contributed by atoms with Crippen molar-refractivity contribution in [2.75, 3.05) is 13.2 Å². The summed E-state index contributed by atoms with van der Waals surface area (Å²) < 4.78 is 16.9. The van der Waals surface area contributed by atoms with Crippen molar-refractivity contribution in [3.63, 3.8) is 0 Å². The molecule has 1 atom stereocenters. The molecule has 0 saturated carbocycles. The van der Waals surface area contributed by atoms with Crippen molar-refractivity contribution in [2.24, 2.45) is 0 Å². The van der Waals surface area contributed by atoms with Gasteiger partial charge in [-0.25, -0.2) is 0 Å². The molecule has 0 aromatic carbocycles. The lowest BCUT2D eigenvalue weighted by atomic mass is 10.0. The summed E-state index contributed by atoms with van der Waals surface area (Å²) in [7, 11) is 0. The predicted molar refractivity (Wildman–Crippen MR) is 339 cm³/mol. The summed E-state index contributed by atoms with van der Waals surface area (Å²) in [6, 6.07) is 0. The van der Waals surface area contributed by atoms with Crippen LogP contribution >= 0.6 is 0 Å². The molecule has 0 amide bonds. The monoisotopic (exact) mass is 1090 g/mol. The van der Waals surface area contributed by atoms with Crippen LogP contribution in [0.2, 0.25) is 0 Å². The second-order valence-corrected chi connectivity index (χ2v) is 22.7. The van der Waals surface area contributed by atoms with Gasteiger partial charge in [-0.2, -0.15) is 0 Å². The minimum absolute atomic E-state index is 0.0887. The lowest BCUT2D eigenvalue weighted by molar-refractivity contribution is -0.167. The van der Waals surface area contributed by atoms with Crippen LogP contribution in [0.5, 0.6) is 0 Å². The largest absolute Gasteiger partial charge is 0.462 e.